The lowest BCUT2D eigenvalue weighted by atomic mass is 10.0. The fourth-order valence-electron chi connectivity index (χ4n) is 6.25. The van der Waals surface area contributed by atoms with Gasteiger partial charge < -0.3 is 30.1 Å². The molecule has 5 rings (SSSR count). The van der Waals surface area contributed by atoms with E-state index in [0.29, 0.717) is 42.4 Å². The lowest BCUT2D eigenvalue weighted by Gasteiger charge is -2.36. The van der Waals surface area contributed by atoms with Crippen LogP contribution in [0.15, 0.2) is 85.2 Å². The van der Waals surface area contributed by atoms with Gasteiger partial charge in [-0.2, -0.15) is 0 Å². The van der Waals surface area contributed by atoms with Crippen LogP contribution in [0.1, 0.15) is 56.0 Å². The Balaban J connectivity index is 1.39. The molecule has 2 heterocycles. The highest BCUT2D eigenvalue weighted by atomic mass is 16.5. The normalized spacial score (nSPS) is 19.8. The van der Waals surface area contributed by atoms with Gasteiger partial charge >= 0.3 is 6.03 Å². The highest BCUT2D eigenvalue weighted by Gasteiger charge is 2.30. The number of anilines is 2. The molecule has 4 atom stereocenters. The standard InChI is InChI=1S/C39H49N5O5/c1-27-23-44(28(2)26-45)38(46)34-22-32(41-39(47)42-35-14-9-12-31-11-5-6-13-33(31)35)15-16-36(34)49-29(3)10-7-8-21-48-37(27)25-43(4)24-30-17-19-40-20-18-30/h5-6,9,11-20,22,27-29,37,45H,7-8,10,21,23-26H2,1-4H3,(H2,41,42,47)/t27-,28-,29-,37+/m0/s1. The highest BCUT2D eigenvalue weighted by Crippen LogP contribution is 2.29. The van der Waals surface area contributed by atoms with Crippen LogP contribution >= 0.6 is 0 Å². The van der Waals surface area contributed by atoms with E-state index >= 15 is 0 Å². The van der Waals surface area contributed by atoms with Gasteiger partial charge in [0.05, 0.1) is 36.1 Å². The second kappa shape index (κ2) is 17.2. The average molecular weight is 668 g/mol. The van der Waals surface area contributed by atoms with Crippen molar-refractivity contribution in [1.29, 1.82) is 0 Å². The van der Waals surface area contributed by atoms with Crippen LogP contribution in [0.4, 0.5) is 16.2 Å². The van der Waals surface area contributed by atoms with Crippen LogP contribution in [0.3, 0.4) is 0 Å². The summed E-state index contributed by atoms with van der Waals surface area (Å²) in [5.74, 6) is 0.119. The zero-order chi connectivity index (χ0) is 34.8. The Morgan fingerprint density at radius 1 is 1.04 bits per heavy atom. The van der Waals surface area contributed by atoms with E-state index in [4.69, 9.17) is 9.47 Å². The van der Waals surface area contributed by atoms with E-state index < -0.39 is 12.1 Å². The third-order valence-electron chi connectivity index (χ3n) is 9.04. The molecule has 260 valence electrons. The Hall–Kier alpha value is -4.51. The van der Waals surface area contributed by atoms with Gasteiger partial charge in [-0.1, -0.05) is 43.3 Å². The number of likely N-dealkylation sites (N-methyl/N-ethyl adjacent to an activating group) is 1. The van der Waals surface area contributed by atoms with Crippen LogP contribution in [-0.2, 0) is 11.3 Å². The zero-order valence-electron chi connectivity index (χ0n) is 29.0. The van der Waals surface area contributed by atoms with Crippen molar-refractivity contribution in [2.24, 2.45) is 5.92 Å². The molecular formula is C39H49N5O5. The summed E-state index contributed by atoms with van der Waals surface area (Å²) in [5.41, 5.74) is 2.62. The number of aliphatic hydroxyl groups excluding tert-OH is 1. The van der Waals surface area contributed by atoms with E-state index in [2.05, 4.69) is 34.5 Å². The largest absolute Gasteiger partial charge is 0.490 e. The van der Waals surface area contributed by atoms with Crippen molar-refractivity contribution in [2.45, 2.75) is 64.8 Å². The number of fused-ring (bicyclic) bond motifs is 2. The number of ether oxygens (including phenoxy) is 2. The fraction of sp³-hybridized carbons (Fsp3) is 0.410. The minimum atomic E-state index is -0.463. The lowest BCUT2D eigenvalue weighted by Crippen LogP contribution is -2.47. The topological polar surface area (TPSA) is 116 Å². The summed E-state index contributed by atoms with van der Waals surface area (Å²) in [7, 11) is 2.07. The maximum absolute atomic E-state index is 14.5. The number of benzene rings is 3. The number of nitrogens with one attached hydrogen (secondary N) is 2. The first-order valence-corrected chi connectivity index (χ1v) is 17.2. The molecule has 1 aliphatic rings. The average Bonchev–Trinajstić information content (AvgIpc) is 3.10. The molecule has 3 amide bonds. The summed E-state index contributed by atoms with van der Waals surface area (Å²) < 4.78 is 12.8. The van der Waals surface area contributed by atoms with Crippen molar-refractivity contribution in [3.8, 4) is 5.75 Å². The summed E-state index contributed by atoms with van der Waals surface area (Å²) in [5, 5.41) is 18.1. The summed E-state index contributed by atoms with van der Waals surface area (Å²) in [6, 6.07) is 21.9. The molecular weight excluding hydrogens is 618 g/mol. The first kappa shape index (κ1) is 35.8. The maximum Gasteiger partial charge on any atom is 0.323 e. The number of amides is 3. The molecule has 10 nitrogen and oxygen atoms in total. The molecule has 0 radical (unpaired) electrons. The van der Waals surface area contributed by atoms with Crippen molar-refractivity contribution in [3.63, 3.8) is 0 Å². The van der Waals surface area contributed by atoms with Gasteiger partial charge in [0.2, 0.25) is 0 Å². The number of urea groups is 1. The first-order valence-electron chi connectivity index (χ1n) is 17.2. The number of pyridine rings is 1. The Labute approximate surface area is 289 Å². The molecule has 1 aliphatic heterocycles. The van der Waals surface area contributed by atoms with Gasteiger partial charge in [0.15, 0.2) is 0 Å². The number of aliphatic hydroxyl groups is 1. The van der Waals surface area contributed by atoms with Crippen molar-refractivity contribution in [2.75, 3.05) is 44.0 Å². The van der Waals surface area contributed by atoms with Crippen LogP contribution in [0.25, 0.3) is 10.8 Å². The molecule has 3 aromatic carbocycles. The maximum atomic E-state index is 14.5. The second-order valence-corrected chi connectivity index (χ2v) is 13.2. The Bertz CT molecular complexity index is 1680. The predicted octanol–water partition coefficient (Wildman–Crippen LogP) is 6.81. The second-order valence-electron chi connectivity index (χ2n) is 13.2. The van der Waals surface area contributed by atoms with Crippen molar-refractivity contribution < 1.29 is 24.2 Å². The molecule has 3 N–H and O–H groups in total. The van der Waals surface area contributed by atoms with E-state index in [9.17, 15) is 14.7 Å². The van der Waals surface area contributed by atoms with E-state index in [1.54, 1.807) is 35.5 Å². The molecule has 0 unspecified atom stereocenters. The number of carbonyl (C=O) groups excluding carboxylic acids is 2. The number of hydrogen-bond acceptors (Lipinski definition) is 7. The molecule has 0 aliphatic carbocycles. The summed E-state index contributed by atoms with van der Waals surface area (Å²) >= 11 is 0. The number of aromatic nitrogens is 1. The van der Waals surface area contributed by atoms with Gasteiger partial charge in [-0.05, 0) is 87.5 Å². The highest BCUT2D eigenvalue weighted by molar-refractivity contribution is 6.07. The Kier molecular flexibility index (Phi) is 12.6. The summed E-state index contributed by atoms with van der Waals surface area (Å²) in [6.07, 6.45) is 5.91. The summed E-state index contributed by atoms with van der Waals surface area (Å²) in [6.45, 7) is 8.12. The molecule has 0 bridgehead atoms. The zero-order valence-corrected chi connectivity index (χ0v) is 29.0. The van der Waals surface area contributed by atoms with Crippen LogP contribution in [0.5, 0.6) is 5.75 Å². The minimum Gasteiger partial charge on any atom is -0.490 e. The van der Waals surface area contributed by atoms with E-state index in [1.165, 1.54) is 0 Å². The van der Waals surface area contributed by atoms with Gasteiger partial charge in [0.25, 0.3) is 5.91 Å². The van der Waals surface area contributed by atoms with Crippen molar-refractivity contribution in [1.82, 2.24) is 14.8 Å². The Morgan fingerprint density at radius 3 is 2.61 bits per heavy atom. The third kappa shape index (κ3) is 9.78. The van der Waals surface area contributed by atoms with Crippen molar-refractivity contribution in [3.05, 3.63) is 96.3 Å². The quantitative estimate of drug-likeness (QED) is 0.189. The predicted molar refractivity (Wildman–Crippen MR) is 194 cm³/mol. The van der Waals surface area contributed by atoms with E-state index in [1.807, 2.05) is 68.4 Å². The molecule has 1 aromatic heterocycles. The summed E-state index contributed by atoms with van der Waals surface area (Å²) in [4.78, 5) is 35.7. The molecule has 0 fully saturated rings. The van der Waals surface area contributed by atoms with Gasteiger partial charge in [0, 0.05) is 55.6 Å². The molecule has 0 spiro atoms. The fourth-order valence-corrected chi connectivity index (χ4v) is 6.25. The number of rotatable bonds is 8. The smallest absolute Gasteiger partial charge is 0.323 e. The SMILES string of the molecule is C[C@H]1CCCCO[C@H](CN(C)Cc2ccncc2)[C@@H](C)CN([C@@H](C)CO)C(=O)c2cc(NC(=O)Nc3cccc4ccccc34)ccc2O1. The van der Waals surface area contributed by atoms with Gasteiger partial charge in [-0.25, -0.2) is 4.79 Å². The Morgan fingerprint density at radius 2 is 1.82 bits per heavy atom. The molecule has 0 saturated heterocycles. The van der Waals surface area contributed by atoms with Crippen molar-refractivity contribution >= 4 is 34.1 Å². The minimum absolute atomic E-state index is 0.0446. The lowest BCUT2D eigenvalue weighted by molar-refractivity contribution is -0.0177. The molecule has 4 aromatic rings. The van der Waals surface area contributed by atoms with Gasteiger partial charge in [0.1, 0.15) is 5.75 Å². The van der Waals surface area contributed by atoms with Gasteiger partial charge in [-0.15, -0.1) is 0 Å². The van der Waals surface area contributed by atoms with Crippen LogP contribution < -0.4 is 15.4 Å². The number of nitrogens with zero attached hydrogens (tertiary/aromatic N) is 3. The molecule has 0 saturated carbocycles. The monoisotopic (exact) mass is 667 g/mol. The molecule has 10 heteroatoms. The van der Waals surface area contributed by atoms with Crippen LogP contribution in [0.2, 0.25) is 0 Å². The van der Waals surface area contributed by atoms with Crippen LogP contribution in [-0.4, -0.2) is 83.4 Å². The van der Waals surface area contributed by atoms with Gasteiger partial charge in [-0.3, -0.25) is 14.7 Å². The number of hydrogen-bond donors (Lipinski definition) is 3. The molecule has 49 heavy (non-hydrogen) atoms. The third-order valence-corrected chi connectivity index (χ3v) is 9.04. The van der Waals surface area contributed by atoms with E-state index in [-0.39, 0.29) is 30.6 Å². The van der Waals surface area contributed by atoms with Crippen LogP contribution in [0, 0.1) is 5.92 Å². The first-order chi connectivity index (χ1) is 23.7. The number of carbonyl (C=O) groups is 2. The van der Waals surface area contributed by atoms with E-state index in [0.717, 1.165) is 42.1 Å².